The second-order valence-electron chi connectivity index (χ2n) is 6.70. The topological polar surface area (TPSA) is 75.1 Å². The van der Waals surface area contributed by atoms with Crippen LogP contribution in [0.2, 0.25) is 0 Å². The van der Waals surface area contributed by atoms with Crippen molar-refractivity contribution in [3.63, 3.8) is 0 Å². The first-order chi connectivity index (χ1) is 14.2. The zero-order valence-corrected chi connectivity index (χ0v) is 21.0. The largest absolute Gasteiger partial charge is 0.497 e. The highest BCUT2D eigenvalue weighted by Gasteiger charge is 2.21. The first kappa shape index (κ1) is 24.6. The smallest absolute Gasteiger partial charge is 0.205 e. The van der Waals surface area contributed by atoms with E-state index in [0.29, 0.717) is 19.8 Å². The Bertz CT molecular complexity index is 795. The summed E-state index contributed by atoms with van der Waals surface area (Å²) in [7, 11) is 3.50. The normalized spacial score (nSPS) is 14.4. The molecule has 1 aliphatic heterocycles. The number of rotatable bonds is 8. The first-order valence-corrected chi connectivity index (χ1v) is 10.7. The van der Waals surface area contributed by atoms with Crippen molar-refractivity contribution in [1.29, 1.82) is 0 Å². The summed E-state index contributed by atoms with van der Waals surface area (Å²) in [6.45, 7) is 7.64. The third-order valence-corrected chi connectivity index (χ3v) is 5.58. The summed E-state index contributed by atoms with van der Waals surface area (Å²) in [6, 6.07) is 7.94. The lowest BCUT2D eigenvalue weighted by Gasteiger charge is -2.36. The van der Waals surface area contributed by atoms with Crippen molar-refractivity contribution < 1.29 is 9.47 Å². The fraction of sp³-hybridized carbons (Fsp3) is 0.550. The molecule has 0 bridgehead atoms. The Kier molecular flexibility index (Phi) is 10.6. The van der Waals surface area contributed by atoms with E-state index < -0.39 is 0 Å². The third kappa shape index (κ3) is 6.95. The number of benzene rings is 1. The average molecular weight is 546 g/mol. The van der Waals surface area contributed by atoms with Gasteiger partial charge in [-0.3, -0.25) is 4.99 Å². The molecule has 1 N–H and O–H groups in total. The Morgan fingerprint density at radius 1 is 1.27 bits per heavy atom. The van der Waals surface area contributed by atoms with Gasteiger partial charge in [-0.25, -0.2) is 4.98 Å². The second kappa shape index (κ2) is 12.9. The van der Waals surface area contributed by atoms with E-state index in [1.54, 1.807) is 7.11 Å². The minimum atomic E-state index is 0. The van der Waals surface area contributed by atoms with Crippen LogP contribution in [-0.4, -0.2) is 73.7 Å². The first-order valence-electron chi connectivity index (χ1n) is 9.97. The number of nitrogens with one attached hydrogen (secondary N) is 1. The van der Waals surface area contributed by atoms with Crippen molar-refractivity contribution in [2.75, 3.05) is 58.4 Å². The number of aromatic nitrogens is 2. The number of halogens is 1. The number of methoxy groups -OCH3 is 1. The molecular weight excluding hydrogens is 515 g/mol. The van der Waals surface area contributed by atoms with Crippen LogP contribution < -0.4 is 15.0 Å². The van der Waals surface area contributed by atoms with E-state index in [4.69, 9.17) is 9.47 Å². The lowest BCUT2D eigenvalue weighted by Crippen LogP contribution is -2.53. The molecule has 0 saturated carbocycles. The Morgan fingerprint density at radius 3 is 2.73 bits per heavy atom. The van der Waals surface area contributed by atoms with Crippen LogP contribution in [0.5, 0.6) is 5.75 Å². The molecule has 0 aliphatic carbocycles. The Hall–Kier alpha value is -1.66. The zero-order valence-electron chi connectivity index (χ0n) is 17.8. The molecular formula is C20H31IN6O2S. The molecule has 0 spiro atoms. The summed E-state index contributed by atoms with van der Waals surface area (Å²) in [5, 5.41) is 4.42. The van der Waals surface area contributed by atoms with E-state index in [2.05, 4.69) is 36.4 Å². The predicted octanol–water partition coefficient (Wildman–Crippen LogP) is 2.64. The minimum absolute atomic E-state index is 0. The number of aryl methyl sites for hydroxylation is 1. The molecule has 1 aromatic heterocycles. The van der Waals surface area contributed by atoms with Crippen LogP contribution in [0, 0.1) is 0 Å². The molecule has 2 heterocycles. The van der Waals surface area contributed by atoms with Gasteiger partial charge < -0.3 is 24.6 Å². The maximum absolute atomic E-state index is 5.78. The average Bonchev–Trinajstić information content (AvgIpc) is 3.26. The van der Waals surface area contributed by atoms with Gasteiger partial charge in [-0.05, 0) is 17.7 Å². The molecule has 30 heavy (non-hydrogen) atoms. The fourth-order valence-corrected chi connectivity index (χ4v) is 3.95. The minimum Gasteiger partial charge on any atom is -0.497 e. The van der Waals surface area contributed by atoms with E-state index in [1.807, 2.05) is 31.3 Å². The van der Waals surface area contributed by atoms with Crippen LogP contribution in [0.15, 0.2) is 29.3 Å². The lowest BCUT2D eigenvalue weighted by atomic mass is 10.2. The van der Waals surface area contributed by atoms with Gasteiger partial charge >= 0.3 is 0 Å². The summed E-state index contributed by atoms with van der Waals surface area (Å²) in [6.07, 6.45) is 0.882. The quantitative estimate of drug-likeness (QED) is 0.236. The number of guanidine groups is 1. The molecule has 3 rings (SSSR count). The highest BCUT2D eigenvalue weighted by molar-refractivity contribution is 14.0. The Labute approximate surface area is 199 Å². The molecule has 0 amide bonds. The number of aliphatic imine (C=N–C) groups is 1. The van der Waals surface area contributed by atoms with Crippen molar-refractivity contribution in [2.24, 2.45) is 4.99 Å². The van der Waals surface area contributed by atoms with Gasteiger partial charge in [0.2, 0.25) is 5.13 Å². The molecule has 10 heteroatoms. The van der Waals surface area contributed by atoms with E-state index >= 15 is 0 Å². The van der Waals surface area contributed by atoms with E-state index in [9.17, 15) is 0 Å². The number of anilines is 1. The molecule has 1 saturated heterocycles. The predicted molar refractivity (Wildman–Crippen MR) is 132 cm³/mol. The summed E-state index contributed by atoms with van der Waals surface area (Å²) in [5.41, 5.74) is 1.10. The number of ether oxygens (including phenoxy) is 2. The number of hydrogen-bond donors (Lipinski definition) is 1. The van der Waals surface area contributed by atoms with Gasteiger partial charge in [0, 0.05) is 57.7 Å². The van der Waals surface area contributed by atoms with Gasteiger partial charge in [-0.15, -0.1) is 24.0 Å². The Balaban J connectivity index is 0.00000320. The highest BCUT2D eigenvalue weighted by atomic mass is 127. The van der Waals surface area contributed by atoms with Crippen LogP contribution in [0.3, 0.4) is 0 Å². The van der Waals surface area contributed by atoms with E-state index in [-0.39, 0.29) is 24.0 Å². The molecule has 0 unspecified atom stereocenters. The van der Waals surface area contributed by atoms with Crippen LogP contribution in [-0.2, 0) is 17.8 Å². The van der Waals surface area contributed by atoms with E-state index in [0.717, 1.165) is 60.8 Å². The summed E-state index contributed by atoms with van der Waals surface area (Å²) in [5.74, 6) is 2.70. The highest BCUT2D eigenvalue weighted by Crippen LogP contribution is 2.19. The SMILES string of the molecule is CCc1nsc(N2CCN(C(=NC)NCCOCc3cccc(OC)c3)CC2)n1.I. The van der Waals surface area contributed by atoms with Crippen LogP contribution >= 0.6 is 35.5 Å². The second-order valence-corrected chi connectivity index (χ2v) is 7.43. The van der Waals surface area contributed by atoms with Gasteiger partial charge in [0.25, 0.3) is 0 Å². The molecule has 0 atom stereocenters. The summed E-state index contributed by atoms with van der Waals surface area (Å²) < 4.78 is 15.4. The van der Waals surface area contributed by atoms with Gasteiger partial charge in [0.15, 0.2) is 5.96 Å². The van der Waals surface area contributed by atoms with Gasteiger partial charge in [0.05, 0.1) is 20.3 Å². The number of nitrogens with zero attached hydrogens (tertiary/aromatic N) is 5. The summed E-state index contributed by atoms with van der Waals surface area (Å²) >= 11 is 1.49. The molecule has 1 fully saturated rings. The molecule has 1 aliphatic rings. The molecule has 166 valence electrons. The van der Waals surface area contributed by atoms with Crippen molar-refractivity contribution in [3.8, 4) is 5.75 Å². The van der Waals surface area contributed by atoms with Crippen LogP contribution in [0.1, 0.15) is 18.3 Å². The van der Waals surface area contributed by atoms with Crippen molar-refractivity contribution in [2.45, 2.75) is 20.0 Å². The maximum Gasteiger partial charge on any atom is 0.205 e. The third-order valence-electron chi connectivity index (χ3n) is 4.77. The van der Waals surface area contributed by atoms with Crippen molar-refractivity contribution >= 4 is 46.6 Å². The van der Waals surface area contributed by atoms with Crippen LogP contribution in [0.25, 0.3) is 0 Å². The van der Waals surface area contributed by atoms with Gasteiger partial charge in [-0.2, -0.15) is 4.37 Å². The maximum atomic E-state index is 5.78. The fourth-order valence-electron chi connectivity index (χ4n) is 3.15. The molecule has 1 aromatic carbocycles. The lowest BCUT2D eigenvalue weighted by molar-refractivity contribution is 0.124. The molecule has 0 radical (unpaired) electrons. The zero-order chi connectivity index (χ0) is 20.5. The Morgan fingerprint density at radius 2 is 2.07 bits per heavy atom. The van der Waals surface area contributed by atoms with E-state index in [1.165, 1.54) is 11.5 Å². The summed E-state index contributed by atoms with van der Waals surface area (Å²) in [4.78, 5) is 13.6. The van der Waals surface area contributed by atoms with Gasteiger partial charge in [0.1, 0.15) is 11.6 Å². The van der Waals surface area contributed by atoms with Crippen molar-refractivity contribution in [3.05, 3.63) is 35.7 Å². The van der Waals surface area contributed by atoms with Crippen molar-refractivity contribution in [1.82, 2.24) is 19.6 Å². The molecule has 8 nitrogen and oxygen atoms in total. The van der Waals surface area contributed by atoms with Crippen LogP contribution in [0.4, 0.5) is 5.13 Å². The monoisotopic (exact) mass is 546 g/mol. The standard InChI is InChI=1S/C20H30N6O2S.HI/c1-4-18-23-20(29-24-18)26-11-9-25(10-12-26)19(21-2)22-8-13-28-15-16-6-5-7-17(14-16)27-3;/h5-7,14H,4,8-13,15H2,1-3H3,(H,21,22);1H. The molecule has 2 aromatic rings. The number of hydrogen-bond acceptors (Lipinski definition) is 7. The van der Waals surface area contributed by atoms with Gasteiger partial charge in [-0.1, -0.05) is 19.1 Å². The number of piperazine rings is 1.